The van der Waals surface area contributed by atoms with Gasteiger partial charge in [-0.1, -0.05) is 0 Å². The lowest BCUT2D eigenvalue weighted by Gasteiger charge is -2.35. The Hall–Kier alpha value is -2.06. The van der Waals surface area contributed by atoms with E-state index < -0.39 is 11.7 Å². The van der Waals surface area contributed by atoms with Crippen LogP contribution in [-0.2, 0) is 19.1 Å². The molecule has 5 nitrogen and oxygen atoms in total. The van der Waals surface area contributed by atoms with Gasteiger partial charge in [-0.2, -0.15) is 18.3 Å². The van der Waals surface area contributed by atoms with E-state index in [0.29, 0.717) is 12.1 Å². The maximum Gasteiger partial charge on any atom is 0.416 e. The van der Waals surface area contributed by atoms with Crippen LogP contribution in [-0.4, -0.2) is 48.3 Å². The maximum atomic E-state index is 13.3. The number of aromatic nitrogens is 2. The Balaban J connectivity index is 1.57. The van der Waals surface area contributed by atoms with Crippen molar-refractivity contribution in [3.8, 4) is 0 Å². The number of aryl methyl sites for hydroxylation is 1. The van der Waals surface area contributed by atoms with Crippen LogP contribution in [0.5, 0.6) is 0 Å². The molecule has 2 aliphatic rings. The number of hydrogen-bond donors (Lipinski definition) is 2. The molecule has 2 N–H and O–H groups in total. The fourth-order valence-corrected chi connectivity index (χ4v) is 4.17. The largest absolute Gasteiger partial charge is 0.416 e. The molecule has 0 saturated carbocycles. The lowest BCUT2D eigenvalue weighted by molar-refractivity contribution is -0.137. The Morgan fingerprint density at radius 2 is 2.00 bits per heavy atom. The van der Waals surface area contributed by atoms with Gasteiger partial charge in [0.25, 0.3) is 0 Å². The van der Waals surface area contributed by atoms with Gasteiger partial charge in [-0.25, -0.2) is 0 Å². The van der Waals surface area contributed by atoms with Gasteiger partial charge in [-0.15, -0.1) is 0 Å². The summed E-state index contributed by atoms with van der Waals surface area (Å²) < 4.78 is 39.9. The number of likely N-dealkylation sites (N-methyl/N-ethyl adjacent to an activating group) is 1. The molecular formula is C20H26F3N5. The molecule has 1 aromatic heterocycles. The molecule has 1 aliphatic carbocycles. The van der Waals surface area contributed by atoms with Crippen molar-refractivity contribution < 1.29 is 13.2 Å². The molecule has 0 bridgehead atoms. The van der Waals surface area contributed by atoms with E-state index in [1.54, 1.807) is 6.07 Å². The zero-order valence-corrected chi connectivity index (χ0v) is 16.0. The number of alkyl halides is 3. The highest BCUT2D eigenvalue weighted by Gasteiger charge is 2.32. The Bertz CT molecular complexity index is 808. The molecule has 1 aliphatic heterocycles. The van der Waals surface area contributed by atoms with E-state index in [0.717, 1.165) is 62.4 Å². The third-order valence-corrected chi connectivity index (χ3v) is 5.84. The monoisotopic (exact) mass is 393 g/mol. The van der Waals surface area contributed by atoms with Crippen molar-refractivity contribution in [1.82, 2.24) is 20.4 Å². The fraction of sp³-hybridized carbons (Fsp3) is 0.550. The van der Waals surface area contributed by atoms with Crippen LogP contribution in [0, 0.1) is 0 Å². The zero-order valence-electron chi connectivity index (χ0n) is 16.0. The van der Waals surface area contributed by atoms with Crippen LogP contribution in [0.25, 0.3) is 0 Å². The lowest BCUT2D eigenvalue weighted by Crippen LogP contribution is -2.45. The molecule has 0 radical (unpaired) electrons. The van der Waals surface area contributed by atoms with E-state index in [1.165, 1.54) is 12.1 Å². The molecule has 2 aromatic rings. The number of piperazine rings is 1. The number of H-pyrrole nitrogens is 1. The first kappa shape index (κ1) is 19.3. The van der Waals surface area contributed by atoms with Gasteiger partial charge < -0.3 is 15.1 Å². The number of nitrogens with one attached hydrogen (secondary N) is 2. The maximum absolute atomic E-state index is 13.3. The Morgan fingerprint density at radius 3 is 2.75 bits per heavy atom. The first-order chi connectivity index (χ1) is 13.4. The van der Waals surface area contributed by atoms with Crippen molar-refractivity contribution in [3.05, 3.63) is 46.8 Å². The van der Waals surface area contributed by atoms with Crippen LogP contribution in [0.3, 0.4) is 0 Å². The van der Waals surface area contributed by atoms with Gasteiger partial charge in [0.15, 0.2) is 0 Å². The molecule has 0 spiro atoms. The minimum absolute atomic E-state index is 0.123. The SMILES string of the molecule is CN1CCN(c2ccc(C(F)(F)F)cc2CNC2CCCc3[nH]ncc32)CC1. The van der Waals surface area contributed by atoms with Gasteiger partial charge in [0.05, 0.1) is 11.8 Å². The summed E-state index contributed by atoms with van der Waals surface area (Å²) in [4.78, 5) is 4.43. The van der Waals surface area contributed by atoms with Gasteiger partial charge in [0.2, 0.25) is 0 Å². The molecule has 2 heterocycles. The second kappa shape index (κ2) is 7.75. The van der Waals surface area contributed by atoms with Gasteiger partial charge in [-0.05, 0) is 50.1 Å². The van der Waals surface area contributed by atoms with Gasteiger partial charge in [0, 0.05) is 55.7 Å². The molecule has 1 aromatic carbocycles. The van der Waals surface area contributed by atoms with Gasteiger partial charge in [0.1, 0.15) is 0 Å². The standard InChI is InChI=1S/C20H26F3N5/c1-27-7-9-28(10-8-27)19-6-5-15(20(21,22)23)11-14(19)12-24-17-3-2-4-18-16(17)13-25-26-18/h5-6,11,13,17,24H,2-4,7-10,12H2,1H3,(H,25,26). The average Bonchev–Trinajstić information content (AvgIpc) is 3.15. The second-order valence-corrected chi connectivity index (χ2v) is 7.76. The van der Waals surface area contributed by atoms with Gasteiger partial charge >= 0.3 is 6.18 Å². The summed E-state index contributed by atoms with van der Waals surface area (Å²) >= 11 is 0. The Labute approximate surface area is 162 Å². The van der Waals surface area contributed by atoms with Crippen LogP contribution >= 0.6 is 0 Å². The van der Waals surface area contributed by atoms with Crippen molar-refractivity contribution in [2.24, 2.45) is 0 Å². The highest BCUT2D eigenvalue weighted by molar-refractivity contribution is 5.56. The molecule has 1 fully saturated rings. The third-order valence-electron chi connectivity index (χ3n) is 5.84. The minimum atomic E-state index is -4.34. The zero-order chi connectivity index (χ0) is 19.7. The van der Waals surface area contributed by atoms with Crippen LogP contribution in [0.1, 0.15) is 41.3 Å². The highest BCUT2D eigenvalue weighted by Crippen LogP contribution is 2.34. The van der Waals surface area contributed by atoms with E-state index in [1.807, 2.05) is 6.20 Å². The smallest absolute Gasteiger partial charge is 0.369 e. The molecule has 4 rings (SSSR count). The first-order valence-corrected chi connectivity index (χ1v) is 9.81. The third kappa shape index (κ3) is 4.03. The predicted octanol–water partition coefficient (Wildman–Crippen LogP) is 3.35. The van der Waals surface area contributed by atoms with Crippen molar-refractivity contribution in [1.29, 1.82) is 0 Å². The molecule has 0 amide bonds. The summed E-state index contributed by atoms with van der Waals surface area (Å²) in [6.45, 7) is 3.87. The molecule has 1 atom stereocenters. The quantitative estimate of drug-likeness (QED) is 0.837. The number of anilines is 1. The second-order valence-electron chi connectivity index (χ2n) is 7.76. The first-order valence-electron chi connectivity index (χ1n) is 9.81. The summed E-state index contributed by atoms with van der Waals surface area (Å²) in [5.41, 5.74) is 3.29. The normalized spacial score (nSPS) is 21.0. The fourth-order valence-electron chi connectivity index (χ4n) is 4.17. The number of halogens is 3. The van der Waals surface area contributed by atoms with Crippen LogP contribution < -0.4 is 10.2 Å². The molecular weight excluding hydrogens is 367 g/mol. The summed E-state index contributed by atoms with van der Waals surface area (Å²) in [6, 6.07) is 4.26. The van der Waals surface area contributed by atoms with Crippen LogP contribution in [0.15, 0.2) is 24.4 Å². The number of rotatable bonds is 4. The molecule has 1 unspecified atom stereocenters. The Kier molecular flexibility index (Phi) is 5.33. The minimum Gasteiger partial charge on any atom is -0.369 e. The molecule has 8 heteroatoms. The van der Waals surface area contributed by atoms with E-state index >= 15 is 0 Å². The van der Waals surface area contributed by atoms with E-state index in [2.05, 4.69) is 32.4 Å². The number of hydrogen-bond acceptors (Lipinski definition) is 4. The van der Waals surface area contributed by atoms with E-state index in [4.69, 9.17) is 0 Å². The topological polar surface area (TPSA) is 47.2 Å². The van der Waals surface area contributed by atoms with Gasteiger partial charge in [-0.3, -0.25) is 5.10 Å². The lowest BCUT2D eigenvalue weighted by atomic mass is 9.93. The van der Waals surface area contributed by atoms with Crippen molar-refractivity contribution >= 4 is 5.69 Å². The summed E-state index contributed by atoms with van der Waals surface area (Å²) in [6.07, 6.45) is 0.483. The summed E-state index contributed by atoms with van der Waals surface area (Å²) in [5.74, 6) is 0. The summed E-state index contributed by atoms with van der Waals surface area (Å²) in [7, 11) is 2.07. The van der Waals surface area contributed by atoms with Crippen molar-refractivity contribution in [2.75, 3.05) is 38.1 Å². The van der Waals surface area contributed by atoms with Crippen molar-refractivity contribution in [2.45, 2.75) is 38.0 Å². The highest BCUT2D eigenvalue weighted by atomic mass is 19.4. The number of aromatic amines is 1. The molecule has 152 valence electrons. The predicted molar refractivity (Wildman–Crippen MR) is 102 cm³/mol. The molecule has 28 heavy (non-hydrogen) atoms. The van der Waals surface area contributed by atoms with E-state index in [9.17, 15) is 13.2 Å². The Morgan fingerprint density at radius 1 is 1.21 bits per heavy atom. The summed E-state index contributed by atoms with van der Waals surface area (Å²) in [5, 5.41) is 10.6. The van der Waals surface area contributed by atoms with Crippen LogP contribution in [0.4, 0.5) is 18.9 Å². The number of nitrogens with zero attached hydrogens (tertiary/aromatic N) is 3. The average molecular weight is 393 g/mol. The number of benzene rings is 1. The van der Waals surface area contributed by atoms with Crippen LogP contribution in [0.2, 0.25) is 0 Å². The molecule has 1 saturated heterocycles. The van der Waals surface area contributed by atoms with E-state index in [-0.39, 0.29) is 6.04 Å². The number of fused-ring (bicyclic) bond motifs is 1. The van der Waals surface area contributed by atoms with Crippen molar-refractivity contribution in [3.63, 3.8) is 0 Å².